The van der Waals surface area contributed by atoms with Crippen LogP contribution in [0.25, 0.3) is 0 Å². The standard InChI is InChI=1S/C10H14N2O5/c1-15-10(14)8-3-2-6(17-8)4-16-5-7(11)9(12)13/h2-3,7H,4-5,11H2,1H3,(H2,12,13)/t7-/m0/s1. The monoisotopic (exact) mass is 242 g/mol. The predicted molar refractivity (Wildman–Crippen MR) is 56.9 cm³/mol. The van der Waals surface area contributed by atoms with Crippen molar-refractivity contribution in [2.24, 2.45) is 11.5 Å². The fourth-order valence-electron chi connectivity index (χ4n) is 1.03. The molecule has 4 N–H and O–H groups in total. The second-order valence-corrected chi connectivity index (χ2v) is 3.28. The number of carbonyl (C=O) groups is 2. The highest BCUT2D eigenvalue weighted by Crippen LogP contribution is 2.10. The molecule has 7 nitrogen and oxygen atoms in total. The molecule has 0 aliphatic rings. The number of esters is 1. The minimum absolute atomic E-state index is 0.0103. The highest BCUT2D eigenvalue weighted by atomic mass is 16.5. The molecule has 1 heterocycles. The van der Waals surface area contributed by atoms with E-state index < -0.39 is 17.9 Å². The van der Waals surface area contributed by atoms with Gasteiger partial charge in [-0.15, -0.1) is 0 Å². The second kappa shape index (κ2) is 6.02. The van der Waals surface area contributed by atoms with Crippen LogP contribution in [0.2, 0.25) is 0 Å². The number of ether oxygens (including phenoxy) is 2. The Kier molecular flexibility index (Phi) is 4.68. The van der Waals surface area contributed by atoms with E-state index >= 15 is 0 Å². The Morgan fingerprint density at radius 2 is 2.18 bits per heavy atom. The van der Waals surface area contributed by atoms with Crippen LogP contribution in [0.4, 0.5) is 0 Å². The number of methoxy groups -OCH3 is 1. The van der Waals surface area contributed by atoms with E-state index in [-0.39, 0.29) is 19.0 Å². The van der Waals surface area contributed by atoms with Gasteiger partial charge in [0.15, 0.2) is 0 Å². The maximum Gasteiger partial charge on any atom is 0.373 e. The number of hydrogen-bond acceptors (Lipinski definition) is 6. The zero-order chi connectivity index (χ0) is 12.8. The molecular formula is C10H14N2O5. The van der Waals surface area contributed by atoms with E-state index in [0.29, 0.717) is 5.76 Å². The van der Waals surface area contributed by atoms with Crippen LogP contribution in [-0.4, -0.2) is 31.6 Å². The van der Waals surface area contributed by atoms with Crippen molar-refractivity contribution in [2.75, 3.05) is 13.7 Å². The van der Waals surface area contributed by atoms with Gasteiger partial charge in [-0.2, -0.15) is 0 Å². The van der Waals surface area contributed by atoms with E-state index in [2.05, 4.69) is 4.74 Å². The van der Waals surface area contributed by atoms with Crippen LogP contribution in [-0.2, 0) is 20.9 Å². The van der Waals surface area contributed by atoms with E-state index in [9.17, 15) is 9.59 Å². The van der Waals surface area contributed by atoms with Crippen LogP contribution in [0.3, 0.4) is 0 Å². The summed E-state index contributed by atoms with van der Waals surface area (Å²) in [6, 6.07) is 2.19. The molecule has 1 aromatic heterocycles. The lowest BCUT2D eigenvalue weighted by Gasteiger charge is -2.06. The third-order valence-electron chi connectivity index (χ3n) is 1.96. The summed E-state index contributed by atoms with van der Waals surface area (Å²) in [4.78, 5) is 21.7. The molecule has 17 heavy (non-hydrogen) atoms. The van der Waals surface area contributed by atoms with Crippen molar-refractivity contribution >= 4 is 11.9 Å². The predicted octanol–water partition coefficient (Wildman–Crippen LogP) is -0.605. The zero-order valence-corrected chi connectivity index (χ0v) is 9.34. The summed E-state index contributed by atoms with van der Waals surface area (Å²) in [5.74, 6) is -0.683. The molecule has 1 atom stereocenters. The van der Waals surface area contributed by atoms with Gasteiger partial charge in [-0.3, -0.25) is 4.79 Å². The summed E-state index contributed by atoms with van der Waals surface area (Å²) in [5, 5.41) is 0. The summed E-state index contributed by atoms with van der Waals surface area (Å²) >= 11 is 0. The first-order valence-electron chi connectivity index (χ1n) is 4.84. The van der Waals surface area contributed by atoms with Crippen LogP contribution in [0.15, 0.2) is 16.5 Å². The third-order valence-corrected chi connectivity index (χ3v) is 1.96. The Morgan fingerprint density at radius 3 is 2.76 bits per heavy atom. The lowest BCUT2D eigenvalue weighted by molar-refractivity contribution is -0.120. The number of amides is 1. The van der Waals surface area contributed by atoms with Crippen LogP contribution >= 0.6 is 0 Å². The minimum atomic E-state index is -0.856. The Balaban J connectivity index is 2.40. The molecule has 0 saturated carbocycles. The third kappa shape index (κ3) is 3.89. The van der Waals surface area contributed by atoms with Crippen molar-refractivity contribution in [2.45, 2.75) is 12.6 Å². The fraction of sp³-hybridized carbons (Fsp3) is 0.400. The van der Waals surface area contributed by atoms with Crippen molar-refractivity contribution in [3.8, 4) is 0 Å². The zero-order valence-electron chi connectivity index (χ0n) is 9.34. The summed E-state index contributed by atoms with van der Waals surface area (Å²) in [7, 11) is 1.26. The van der Waals surface area contributed by atoms with Crippen molar-refractivity contribution in [3.63, 3.8) is 0 Å². The van der Waals surface area contributed by atoms with Crippen LogP contribution in [0, 0.1) is 0 Å². The normalized spacial score (nSPS) is 12.1. The molecule has 0 aromatic carbocycles. The van der Waals surface area contributed by atoms with E-state index in [1.165, 1.54) is 13.2 Å². The van der Waals surface area contributed by atoms with E-state index in [1.54, 1.807) is 6.07 Å². The first-order chi connectivity index (χ1) is 8.04. The molecule has 0 bridgehead atoms. The lowest BCUT2D eigenvalue weighted by Crippen LogP contribution is -2.40. The molecule has 0 spiro atoms. The average Bonchev–Trinajstić information content (AvgIpc) is 2.76. The Labute approximate surface area is 97.6 Å². The molecule has 0 unspecified atom stereocenters. The molecule has 0 aliphatic carbocycles. The van der Waals surface area contributed by atoms with Crippen LogP contribution in [0.5, 0.6) is 0 Å². The molecule has 0 fully saturated rings. The van der Waals surface area contributed by atoms with Crippen molar-refractivity contribution in [1.82, 2.24) is 0 Å². The smallest absolute Gasteiger partial charge is 0.373 e. The van der Waals surface area contributed by atoms with Gasteiger partial charge in [0, 0.05) is 0 Å². The summed E-state index contributed by atoms with van der Waals surface area (Å²) in [5.41, 5.74) is 10.3. The van der Waals surface area contributed by atoms with E-state index in [4.69, 9.17) is 20.6 Å². The Morgan fingerprint density at radius 1 is 1.47 bits per heavy atom. The van der Waals surface area contributed by atoms with Gasteiger partial charge in [0.1, 0.15) is 18.4 Å². The summed E-state index contributed by atoms with van der Waals surface area (Å²) in [6.45, 7) is 0.0849. The SMILES string of the molecule is COC(=O)c1ccc(COC[C@H](N)C(N)=O)o1. The summed E-state index contributed by atoms with van der Waals surface area (Å²) in [6.07, 6.45) is 0. The first-order valence-corrected chi connectivity index (χ1v) is 4.84. The molecule has 94 valence electrons. The molecule has 0 saturated heterocycles. The van der Waals surface area contributed by atoms with Gasteiger partial charge in [0.2, 0.25) is 11.7 Å². The van der Waals surface area contributed by atoms with Crippen molar-refractivity contribution in [3.05, 3.63) is 23.7 Å². The molecular weight excluding hydrogens is 228 g/mol. The van der Waals surface area contributed by atoms with E-state index in [0.717, 1.165) is 0 Å². The van der Waals surface area contributed by atoms with E-state index in [1.807, 2.05) is 0 Å². The number of primary amides is 1. The fourth-order valence-corrected chi connectivity index (χ4v) is 1.03. The average molecular weight is 242 g/mol. The quantitative estimate of drug-likeness (QED) is 0.643. The largest absolute Gasteiger partial charge is 0.463 e. The number of carbonyl (C=O) groups excluding carboxylic acids is 2. The van der Waals surface area contributed by atoms with Gasteiger partial charge in [-0.1, -0.05) is 0 Å². The molecule has 0 aliphatic heterocycles. The lowest BCUT2D eigenvalue weighted by atomic mass is 10.3. The minimum Gasteiger partial charge on any atom is -0.463 e. The first kappa shape index (κ1) is 13.2. The maximum absolute atomic E-state index is 11.1. The molecule has 0 radical (unpaired) electrons. The maximum atomic E-state index is 11.1. The van der Waals surface area contributed by atoms with Gasteiger partial charge >= 0.3 is 5.97 Å². The molecule has 7 heteroatoms. The van der Waals surface area contributed by atoms with Crippen molar-refractivity contribution in [1.29, 1.82) is 0 Å². The second-order valence-electron chi connectivity index (χ2n) is 3.28. The highest BCUT2D eigenvalue weighted by Gasteiger charge is 2.12. The topological polar surface area (TPSA) is 118 Å². The van der Waals surface area contributed by atoms with Crippen molar-refractivity contribution < 1.29 is 23.5 Å². The summed E-state index contributed by atoms with van der Waals surface area (Å²) < 4.78 is 14.7. The molecule has 1 aromatic rings. The van der Waals surface area contributed by atoms with Gasteiger partial charge in [0.25, 0.3) is 0 Å². The van der Waals surface area contributed by atoms with Gasteiger partial charge < -0.3 is 25.4 Å². The number of hydrogen-bond donors (Lipinski definition) is 2. The van der Waals surface area contributed by atoms with Gasteiger partial charge in [0.05, 0.1) is 13.7 Å². The van der Waals surface area contributed by atoms with Crippen LogP contribution < -0.4 is 11.5 Å². The number of rotatable bonds is 6. The van der Waals surface area contributed by atoms with Gasteiger partial charge in [-0.05, 0) is 12.1 Å². The number of furan rings is 1. The number of nitrogens with two attached hydrogens (primary N) is 2. The Bertz CT molecular complexity index is 401. The molecule has 1 rings (SSSR count). The molecule has 1 amide bonds. The highest BCUT2D eigenvalue weighted by molar-refractivity contribution is 5.86. The Hall–Kier alpha value is -1.86. The van der Waals surface area contributed by atoms with Crippen LogP contribution in [0.1, 0.15) is 16.3 Å². The van der Waals surface area contributed by atoms with Gasteiger partial charge in [-0.25, -0.2) is 4.79 Å².